The molecule has 0 heterocycles. The van der Waals surface area contributed by atoms with Crippen molar-refractivity contribution in [1.82, 2.24) is 0 Å². The number of rotatable bonds is 5. The first kappa shape index (κ1) is 15.1. The van der Waals surface area contributed by atoms with Crippen LogP contribution in [-0.4, -0.2) is 11.0 Å². The van der Waals surface area contributed by atoms with Crippen molar-refractivity contribution in [2.45, 2.75) is 25.8 Å². The molecule has 0 aliphatic carbocycles. The molecule has 2 rings (SSSR count). The molecule has 0 radical (unpaired) electrons. The average molecular weight is 288 g/mol. The van der Waals surface area contributed by atoms with Gasteiger partial charge in [0.15, 0.2) is 0 Å². The van der Waals surface area contributed by atoms with E-state index in [0.29, 0.717) is 6.42 Å². The summed E-state index contributed by atoms with van der Waals surface area (Å²) in [5.41, 5.74) is 8.08. The Balaban J connectivity index is 2.13. The van der Waals surface area contributed by atoms with Gasteiger partial charge < -0.3 is 5.73 Å². The molecule has 0 amide bonds. The Labute approximate surface area is 122 Å². The minimum Gasteiger partial charge on any atom is -0.327 e. The van der Waals surface area contributed by atoms with Crippen molar-refractivity contribution >= 4 is 5.69 Å². The molecule has 2 N–H and O–H groups in total. The highest BCUT2D eigenvalue weighted by molar-refractivity contribution is 5.37. The second kappa shape index (κ2) is 6.45. The van der Waals surface area contributed by atoms with Gasteiger partial charge in [-0.3, -0.25) is 10.1 Å². The summed E-state index contributed by atoms with van der Waals surface area (Å²) in [7, 11) is 0. The lowest BCUT2D eigenvalue weighted by Crippen LogP contribution is -2.26. The fourth-order valence-corrected chi connectivity index (χ4v) is 2.34. The monoisotopic (exact) mass is 288 g/mol. The quantitative estimate of drug-likeness (QED) is 0.678. The third kappa shape index (κ3) is 3.64. The molecule has 2 aromatic rings. The summed E-state index contributed by atoms with van der Waals surface area (Å²) < 4.78 is 14.0. The minimum absolute atomic E-state index is 0.266. The van der Waals surface area contributed by atoms with Crippen molar-refractivity contribution in [3.8, 4) is 0 Å². The van der Waals surface area contributed by atoms with Crippen molar-refractivity contribution in [2.75, 3.05) is 0 Å². The topological polar surface area (TPSA) is 69.2 Å². The van der Waals surface area contributed by atoms with Crippen LogP contribution in [0.3, 0.4) is 0 Å². The van der Waals surface area contributed by atoms with Gasteiger partial charge in [0.05, 0.1) is 4.92 Å². The van der Waals surface area contributed by atoms with Crippen LogP contribution in [0.15, 0.2) is 42.5 Å². The number of benzene rings is 2. The lowest BCUT2D eigenvalue weighted by Gasteiger charge is -2.14. The van der Waals surface area contributed by atoms with Gasteiger partial charge in [-0.05, 0) is 36.5 Å². The molecule has 0 bridgehead atoms. The Morgan fingerprint density at radius 2 is 1.76 bits per heavy atom. The number of nitro groups is 1. The summed E-state index contributed by atoms with van der Waals surface area (Å²) in [6.07, 6.45) is 0.872. The van der Waals surface area contributed by atoms with E-state index in [1.54, 1.807) is 6.07 Å². The largest absolute Gasteiger partial charge is 0.327 e. The summed E-state index contributed by atoms with van der Waals surface area (Å²) in [4.78, 5) is 10.0. The zero-order chi connectivity index (χ0) is 15.4. The molecule has 0 saturated carbocycles. The lowest BCUT2D eigenvalue weighted by molar-refractivity contribution is -0.387. The van der Waals surface area contributed by atoms with E-state index in [2.05, 4.69) is 0 Å². The van der Waals surface area contributed by atoms with Gasteiger partial charge in [0.25, 0.3) is 0 Å². The lowest BCUT2D eigenvalue weighted by atomic mass is 9.96. The van der Waals surface area contributed by atoms with E-state index in [4.69, 9.17) is 5.73 Å². The second-order valence-corrected chi connectivity index (χ2v) is 5.10. The van der Waals surface area contributed by atoms with E-state index in [1.165, 1.54) is 6.07 Å². The Bertz CT molecular complexity index is 658. The molecule has 0 spiro atoms. The number of nitrogens with two attached hydrogens (primary N) is 1. The summed E-state index contributed by atoms with van der Waals surface area (Å²) in [5.74, 6) is -0.789. The molecular formula is C16H17FN2O2. The molecule has 0 aliphatic heterocycles. The zero-order valence-electron chi connectivity index (χ0n) is 11.8. The molecule has 5 heteroatoms. The fraction of sp³-hybridized carbons (Fsp3) is 0.250. The van der Waals surface area contributed by atoms with Gasteiger partial charge >= 0.3 is 5.69 Å². The Morgan fingerprint density at radius 3 is 2.43 bits per heavy atom. The number of nitrogens with zero attached hydrogens (tertiary/aromatic N) is 1. The zero-order valence-corrected chi connectivity index (χ0v) is 11.8. The van der Waals surface area contributed by atoms with E-state index in [1.807, 2.05) is 31.2 Å². The van der Waals surface area contributed by atoms with Crippen molar-refractivity contribution < 1.29 is 9.31 Å². The highest BCUT2D eigenvalue weighted by Crippen LogP contribution is 2.21. The first-order valence-corrected chi connectivity index (χ1v) is 6.71. The maximum absolute atomic E-state index is 14.0. The smallest absolute Gasteiger partial charge is 0.305 e. The maximum atomic E-state index is 14.0. The van der Waals surface area contributed by atoms with Gasteiger partial charge in [0.2, 0.25) is 5.82 Å². The van der Waals surface area contributed by atoms with Crippen LogP contribution in [0.25, 0.3) is 0 Å². The molecule has 0 fully saturated rings. The average Bonchev–Trinajstić information content (AvgIpc) is 2.43. The van der Waals surface area contributed by atoms with E-state index < -0.39 is 16.4 Å². The molecule has 0 saturated heterocycles. The first-order valence-electron chi connectivity index (χ1n) is 6.71. The summed E-state index contributed by atoms with van der Waals surface area (Å²) in [6.45, 7) is 2.00. The number of halogens is 1. The van der Waals surface area contributed by atoms with Crippen molar-refractivity contribution in [3.63, 3.8) is 0 Å². The second-order valence-electron chi connectivity index (χ2n) is 5.10. The van der Waals surface area contributed by atoms with E-state index >= 15 is 0 Å². The maximum Gasteiger partial charge on any atom is 0.305 e. The summed E-state index contributed by atoms with van der Waals surface area (Å²) >= 11 is 0. The number of hydrogen-bond acceptors (Lipinski definition) is 3. The van der Waals surface area contributed by atoms with E-state index in [0.717, 1.165) is 17.2 Å². The first-order chi connectivity index (χ1) is 9.99. The molecule has 4 nitrogen and oxygen atoms in total. The molecule has 1 unspecified atom stereocenters. The third-order valence-electron chi connectivity index (χ3n) is 3.48. The van der Waals surface area contributed by atoms with E-state index in [-0.39, 0.29) is 18.0 Å². The normalized spacial score (nSPS) is 12.1. The summed E-state index contributed by atoms with van der Waals surface area (Å²) in [6, 6.07) is 11.8. The Kier molecular flexibility index (Phi) is 4.65. The predicted octanol–water partition coefficient (Wildman–Crippen LogP) is 3.15. The van der Waals surface area contributed by atoms with Crippen LogP contribution < -0.4 is 5.73 Å². The van der Waals surface area contributed by atoms with Crippen LogP contribution in [0.5, 0.6) is 0 Å². The Morgan fingerprint density at radius 1 is 1.14 bits per heavy atom. The van der Waals surface area contributed by atoms with Crippen molar-refractivity contribution in [1.29, 1.82) is 0 Å². The molecule has 2 aromatic carbocycles. The molecule has 0 aromatic heterocycles. The highest BCUT2D eigenvalue weighted by atomic mass is 19.1. The van der Waals surface area contributed by atoms with Gasteiger partial charge in [0.1, 0.15) is 0 Å². The van der Waals surface area contributed by atoms with Crippen LogP contribution in [0, 0.1) is 22.9 Å². The molecule has 1 atom stereocenters. The van der Waals surface area contributed by atoms with Crippen LogP contribution in [0.2, 0.25) is 0 Å². The number of nitro benzene ring substituents is 1. The fourth-order valence-electron chi connectivity index (χ4n) is 2.34. The molecule has 110 valence electrons. The van der Waals surface area contributed by atoms with Crippen LogP contribution in [0.1, 0.15) is 16.7 Å². The standard InChI is InChI=1S/C16H17FN2O2/c1-11-5-2-3-6-12(11)9-14(18)10-13-7-4-8-15(16(13)17)19(20)21/h2-8,14H,9-10,18H2,1H3. The van der Waals surface area contributed by atoms with Crippen LogP contribution in [0.4, 0.5) is 10.1 Å². The van der Waals surface area contributed by atoms with Gasteiger partial charge in [-0.1, -0.05) is 36.4 Å². The van der Waals surface area contributed by atoms with Gasteiger partial charge in [-0.25, -0.2) is 0 Å². The van der Waals surface area contributed by atoms with Crippen LogP contribution in [-0.2, 0) is 12.8 Å². The number of hydrogen-bond donors (Lipinski definition) is 1. The SMILES string of the molecule is Cc1ccccc1CC(N)Cc1cccc([N+](=O)[O-])c1F. The van der Waals surface area contributed by atoms with E-state index in [9.17, 15) is 14.5 Å². The van der Waals surface area contributed by atoms with Crippen molar-refractivity contribution in [2.24, 2.45) is 5.73 Å². The predicted molar refractivity (Wildman–Crippen MR) is 79.6 cm³/mol. The van der Waals surface area contributed by atoms with Crippen molar-refractivity contribution in [3.05, 3.63) is 75.1 Å². The minimum atomic E-state index is -0.789. The van der Waals surface area contributed by atoms with Gasteiger partial charge in [-0.15, -0.1) is 0 Å². The molecular weight excluding hydrogens is 271 g/mol. The highest BCUT2D eigenvalue weighted by Gasteiger charge is 2.18. The Hall–Kier alpha value is -2.27. The number of aryl methyl sites for hydroxylation is 1. The molecule has 0 aliphatic rings. The van der Waals surface area contributed by atoms with Gasteiger partial charge in [-0.2, -0.15) is 4.39 Å². The van der Waals surface area contributed by atoms with Crippen LogP contribution >= 0.6 is 0 Å². The van der Waals surface area contributed by atoms with Gasteiger partial charge in [0, 0.05) is 12.1 Å². The molecule has 21 heavy (non-hydrogen) atoms. The summed E-state index contributed by atoms with van der Waals surface area (Å²) in [5, 5.41) is 10.7. The third-order valence-corrected chi connectivity index (χ3v) is 3.48.